The SMILES string of the molecule is Cn1c(SCC(=O)O)nc2cc(Cl)c(F)cc21. The number of imidazole rings is 1. The summed E-state index contributed by atoms with van der Waals surface area (Å²) in [4.78, 5) is 14.7. The number of benzene rings is 1. The summed E-state index contributed by atoms with van der Waals surface area (Å²) < 4.78 is 14.9. The molecule has 0 amide bonds. The van der Waals surface area contributed by atoms with Crippen molar-refractivity contribution in [2.45, 2.75) is 5.16 Å². The summed E-state index contributed by atoms with van der Waals surface area (Å²) in [5.74, 6) is -1.53. The van der Waals surface area contributed by atoms with Gasteiger partial charge in [-0.1, -0.05) is 23.4 Å². The summed E-state index contributed by atoms with van der Waals surface area (Å²) in [6.07, 6.45) is 0. The van der Waals surface area contributed by atoms with Crippen LogP contribution in [0, 0.1) is 5.82 Å². The molecule has 4 nitrogen and oxygen atoms in total. The van der Waals surface area contributed by atoms with Crippen molar-refractivity contribution in [3.8, 4) is 0 Å². The van der Waals surface area contributed by atoms with E-state index in [1.165, 1.54) is 12.1 Å². The van der Waals surface area contributed by atoms with Gasteiger partial charge in [0.05, 0.1) is 21.8 Å². The Kier molecular flexibility index (Phi) is 3.26. The van der Waals surface area contributed by atoms with Crippen molar-refractivity contribution in [3.63, 3.8) is 0 Å². The Morgan fingerprint density at radius 3 is 3.00 bits per heavy atom. The van der Waals surface area contributed by atoms with Gasteiger partial charge in [-0.15, -0.1) is 0 Å². The van der Waals surface area contributed by atoms with E-state index in [0.717, 1.165) is 11.8 Å². The molecule has 0 atom stereocenters. The van der Waals surface area contributed by atoms with Gasteiger partial charge < -0.3 is 9.67 Å². The zero-order valence-electron chi connectivity index (χ0n) is 8.78. The predicted molar refractivity (Wildman–Crippen MR) is 64.0 cm³/mol. The zero-order chi connectivity index (χ0) is 12.6. The van der Waals surface area contributed by atoms with Crippen LogP contribution in [0.4, 0.5) is 4.39 Å². The van der Waals surface area contributed by atoms with E-state index < -0.39 is 11.8 Å². The normalized spacial score (nSPS) is 11.0. The number of fused-ring (bicyclic) bond motifs is 1. The van der Waals surface area contributed by atoms with E-state index in [0.29, 0.717) is 16.2 Å². The second kappa shape index (κ2) is 4.54. The van der Waals surface area contributed by atoms with E-state index in [-0.39, 0.29) is 10.8 Å². The van der Waals surface area contributed by atoms with Gasteiger partial charge in [0.2, 0.25) is 0 Å². The molecular formula is C10H8ClFN2O2S. The summed E-state index contributed by atoms with van der Waals surface area (Å²) in [6, 6.07) is 2.71. The molecule has 0 aliphatic rings. The van der Waals surface area contributed by atoms with Crippen molar-refractivity contribution in [1.82, 2.24) is 9.55 Å². The maximum Gasteiger partial charge on any atom is 0.313 e. The van der Waals surface area contributed by atoms with Gasteiger partial charge in [0, 0.05) is 13.1 Å². The highest BCUT2D eigenvalue weighted by molar-refractivity contribution is 7.99. The number of aromatic nitrogens is 2. The van der Waals surface area contributed by atoms with Crippen LogP contribution in [0.2, 0.25) is 5.02 Å². The first kappa shape index (κ1) is 12.2. The minimum Gasteiger partial charge on any atom is -0.481 e. The molecule has 1 aromatic heterocycles. The number of carbonyl (C=O) groups is 1. The van der Waals surface area contributed by atoms with Crippen LogP contribution in [0.15, 0.2) is 17.3 Å². The third-order valence-corrected chi connectivity index (χ3v) is 3.51. The summed E-state index contributed by atoms with van der Waals surface area (Å²) in [7, 11) is 1.70. The van der Waals surface area contributed by atoms with E-state index in [4.69, 9.17) is 16.7 Å². The number of thioether (sulfide) groups is 1. The number of aliphatic carboxylic acids is 1. The molecule has 0 radical (unpaired) electrons. The lowest BCUT2D eigenvalue weighted by atomic mass is 10.3. The third-order valence-electron chi connectivity index (χ3n) is 2.21. The van der Waals surface area contributed by atoms with Gasteiger partial charge in [0.1, 0.15) is 5.82 Å². The van der Waals surface area contributed by atoms with Crippen LogP contribution in [0.25, 0.3) is 11.0 Å². The first-order valence-corrected chi connectivity index (χ1v) is 6.01. The number of hydrogen-bond acceptors (Lipinski definition) is 3. The number of nitrogens with zero attached hydrogens (tertiary/aromatic N) is 2. The molecule has 90 valence electrons. The van der Waals surface area contributed by atoms with Gasteiger partial charge >= 0.3 is 5.97 Å². The Morgan fingerprint density at radius 1 is 1.65 bits per heavy atom. The lowest BCUT2D eigenvalue weighted by molar-refractivity contribution is -0.133. The highest BCUT2D eigenvalue weighted by Crippen LogP contribution is 2.26. The summed E-state index contributed by atoms with van der Waals surface area (Å²) in [6.45, 7) is 0. The number of rotatable bonds is 3. The first-order valence-electron chi connectivity index (χ1n) is 4.65. The van der Waals surface area contributed by atoms with Crippen molar-refractivity contribution in [1.29, 1.82) is 0 Å². The highest BCUT2D eigenvalue weighted by atomic mass is 35.5. The molecule has 17 heavy (non-hydrogen) atoms. The monoisotopic (exact) mass is 274 g/mol. The van der Waals surface area contributed by atoms with Crippen LogP contribution in [0.5, 0.6) is 0 Å². The van der Waals surface area contributed by atoms with Gasteiger partial charge in [-0.05, 0) is 6.07 Å². The van der Waals surface area contributed by atoms with Crippen molar-refractivity contribution < 1.29 is 14.3 Å². The molecule has 2 rings (SSSR count). The molecule has 0 aliphatic heterocycles. The van der Waals surface area contributed by atoms with E-state index >= 15 is 0 Å². The van der Waals surface area contributed by atoms with Crippen LogP contribution in [0.3, 0.4) is 0 Å². The predicted octanol–water partition coefficient (Wildman–Crippen LogP) is 2.54. The molecular weight excluding hydrogens is 267 g/mol. The van der Waals surface area contributed by atoms with Crippen molar-refractivity contribution in [2.75, 3.05) is 5.75 Å². The van der Waals surface area contributed by atoms with Gasteiger partial charge in [-0.3, -0.25) is 4.79 Å². The maximum atomic E-state index is 13.3. The quantitative estimate of drug-likeness (QED) is 0.874. The van der Waals surface area contributed by atoms with Crippen molar-refractivity contribution in [2.24, 2.45) is 7.05 Å². The van der Waals surface area contributed by atoms with Crippen LogP contribution >= 0.6 is 23.4 Å². The number of carboxylic acids is 1. The van der Waals surface area contributed by atoms with Crippen LogP contribution in [-0.4, -0.2) is 26.4 Å². The van der Waals surface area contributed by atoms with E-state index in [1.54, 1.807) is 11.6 Å². The number of halogens is 2. The standard InChI is InChI=1S/C10H8ClFN2O2S/c1-14-8-3-6(12)5(11)2-7(8)13-10(14)17-4-9(15)16/h2-3H,4H2,1H3,(H,15,16). The number of hydrogen-bond donors (Lipinski definition) is 1. The average Bonchev–Trinajstić information content (AvgIpc) is 2.54. The molecule has 0 fully saturated rings. The van der Waals surface area contributed by atoms with Gasteiger partial charge in [0.15, 0.2) is 5.16 Å². The Bertz CT molecular complexity index is 599. The molecule has 0 saturated carbocycles. The van der Waals surface area contributed by atoms with E-state index in [1.807, 2.05) is 0 Å². The molecule has 0 spiro atoms. The van der Waals surface area contributed by atoms with E-state index in [2.05, 4.69) is 4.98 Å². The number of aryl methyl sites for hydroxylation is 1. The lowest BCUT2D eigenvalue weighted by Crippen LogP contribution is -2.00. The number of carboxylic acid groups (broad SMARTS) is 1. The molecule has 0 bridgehead atoms. The highest BCUT2D eigenvalue weighted by Gasteiger charge is 2.12. The third kappa shape index (κ3) is 2.37. The Balaban J connectivity index is 2.45. The summed E-state index contributed by atoms with van der Waals surface area (Å²) >= 11 is 6.73. The molecule has 1 heterocycles. The largest absolute Gasteiger partial charge is 0.481 e. The van der Waals surface area contributed by atoms with Crippen LogP contribution < -0.4 is 0 Å². The van der Waals surface area contributed by atoms with Gasteiger partial charge in [-0.2, -0.15) is 0 Å². The molecule has 0 unspecified atom stereocenters. The fourth-order valence-corrected chi connectivity index (χ4v) is 2.29. The summed E-state index contributed by atoms with van der Waals surface area (Å²) in [5, 5.41) is 9.11. The fraction of sp³-hybridized carbons (Fsp3) is 0.200. The Hall–Kier alpha value is -1.27. The molecule has 1 aromatic carbocycles. The minimum absolute atomic E-state index is 0.00499. The maximum absolute atomic E-state index is 13.3. The Labute approximate surface area is 105 Å². The lowest BCUT2D eigenvalue weighted by Gasteiger charge is -1.99. The van der Waals surface area contributed by atoms with Gasteiger partial charge in [-0.25, -0.2) is 9.37 Å². The van der Waals surface area contributed by atoms with Crippen molar-refractivity contribution >= 4 is 40.4 Å². The fourth-order valence-electron chi connectivity index (χ4n) is 1.42. The second-order valence-electron chi connectivity index (χ2n) is 3.39. The van der Waals surface area contributed by atoms with Crippen LogP contribution in [-0.2, 0) is 11.8 Å². The van der Waals surface area contributed by atoms with Crippen LogP contribution in [0.1, 0.15) is 0 Å². The molecule has 2 aromatic rings. The first-order chi connectivity index (χ1) is 7.99. The second-order valence-corrected chi connectivity index (χ2v) is 4.74. The van der Waals surface area contributed by atoms with E-state index in [9.17, 15) is 9.18 Å². The molecule has 0 aliphatic carbocycles. The topological polar surface area (TPSA) is 55.1 Å². The smallest absolute Gasteiger partial charge is 0.313 e. The van der Waals surface area contributed by atoms with Gasteiger partial charge in [0.25, 0.3) is 0 Å². The Morgan fingerprint density at radius 2 is 2.35 bits per heavy atom. The average molecular weight is 275 g/mol. The molecule has 7 heteroatoms. The van der Waals surface area contributed by atoms with Crippen molar-refractivity contribution in [3.05, 3.63) is 23.0 Å². The minimum atomic E-state index is -0.925. The zero-order valence-corrected chi connectivity index (χ0v) is 10.3. The molecule has 1 N–H and O–H groups in total. The summed E-state index contributed by atoms with van der Waals surface area (Å²) in [5.41, 5.74) is 1.13. The molecule has 0 saturated heterocycles.